The predicted octanol–water partition coefficient (Wildman–Crippen LogP) is 3.50. The van der Waals surface area contributed by atoms with Crippen LogP contribution >= 0.6 is 0 Å². The molecular weight excluding hydrogens is 411 g/mol. The normalized spacial score (nSPS) is 24.7. The Bertz CT molecular complexity index is 1010. The van der Waals surface area contributed by atoms with Crippen molar-refractivity contribution in [2.45, 2.75) is 36.8 Å². The molecule has 0 aliphatic carbocycles. The van der Waals surface area contributed by atoms with Crippen LogP contribution in [0.1, 0.15) is 30.4 Å². The summed E-state index contributed by atoms with van der Waals surface area (Å²) < 4.78 is 26.1. The molecule has 1 spiro atoms. The number of halogens is 1. The van der Waals surface area contributed by atoms with Crippen molar-refractivity contribution in [2.24, 2.45) is 0 Å². The van der Waals surface area contributed by atoms with Gasteiger partial charge in [0, 0.05) is 38.3 Å². The summed E-state index contributed by atoms with van der Waals surface area (Å²) in [5.41, 5.74) is -0.179. The van der Waals surface area contributed by atoms with Crippen molar-refractivity contribution < 1.29 is 23.5 Å². The quantitative estimate of drug-likeness (QED) is 0.733. The van der Waals surface area contributed by atoms with E-state index in [9.17, 15) is 14.0 Å². The summed E-state index contributed by atoms with van der Waals surface area (Å²) in [7, 11) is 0. The topological polar surface area (TPSA) is 59.1 Å². The molecular formula is C25H27FN2O4. The minimum Gasteiger partial charge on any atom is -0.439 e. The molecule has 3 heterocycles. The molecule has 0 unspecified atom stereocenters. The first-order valence-corrected chi connectivity index (χ1v) is 11.2. The van der Waals surface area contributed by atoms with Crippen molar-refractivity contribution >= 4 is 12.0 Å². The zero-order valence-electron chi connectivity index (χ0n) is 18.0. The first-order valence-electron chi connectivity index (χ1n) is 11.2. The molecule has 7 heteroatoms. The Labute approximate surface area is 186 Å². The molecule has 32 heavy (non-hydrogen) atoms. The Balaban J connectivity index is 1.35. The van der Waals surface area contributed by atoms with E-state index in [2.05, 4.69) is 0 Å². The highest BCUT2D eigenvalue weighted by Crippen LogP contribution is 2.41. The lowest BCUT2D eigenvalue weighted by atomic mass is 9.72. The molecule has 0 aromatic heterocycles. The van der Waals surface area contributed by atoms with Gasteiger partial charge in [-0.1, -0.05) is 48.5 Å². The van der Waals surface area contributed by atoms with Crippen molar-refractivity contribution in [1.82, 2.24) is 9.80 Å². The summed E-state index contributed by atoms with van der Waals surface area (Å²) in [6.07, 6.45) is 1.12. The number of rotatable bonds is 4. The van der Waals surface area contributed by atoms with Gasteiger partial charge < -0.3 is 14.4 Å². The molecule has 0 N–H and O–H groups in total. The maximum absolute atomic E-state index is 14.8. The molecule has 168 valence electrons. The van der Waals surface area contributed by atoms with Crippen molar-refractivity contribution in [1.29, 1.82) is 0 Å². The van der Waals surface area contributed by atoms with Crippen LogP contribution in [0, 0.1) is 5.82 Å². The van der Waals surface area contributed by atoms with Crippen molar-refractivity contribution in [3.05, 3.63) is 71.5 Å². The van der Waals surface area contributed by atoms with Gasteiger partial charge in [0.15, 0.2) is 5.60 Å². The molecule has 2 aromatic rings. The van der Waals surface area contributed by atoms with E-state index in [0.717, 1.165) is 5.56 Å². The van der Waals surface area contributed by atoms with Crippen LogP contribution in [0.3, 0.4) is 0 Å². The molecule has 2 aromatic carbocycles. The number of hydrogen-bond acceptors (Lipinski definition) is 4. The second-order valence-electron chi connectivity index (χ2n) is 9.04. The van der Waals surface area contributed by atoms with E-state index in [4.69, 9.17) is 9.47 Å². The highest BCUT2D eigenvalue weighted by Gasteiger charge is 2.54. The SMILES string of the molecule is O=C1O[C@@]2(CCN(C(=O)C3(c4ccccc4F)CCOCC3)C2)CN1Cc1ccccc1. The van der Waals surface area contributed by atoms with Gasteiger partial charge in [0.1, 0.15) is 5.82 Å². The van der Waals surface area contributed by atoms with Crippen LogP contribution < -0.4 is 0 Å². The summed E-state index contributed by atoms with van der Waals surface area (Å²) in [5.74, 6) is -0.460. The van der Waals surface area contributed by atoms with Gasteiger partial charge in [0.25, 0.3) is 0 Å². The maximum atomic E-state index is 14.8. The Morgan fingerprint density at radius 3 is 2.44 bits per heavy atom. The lowest BCUT2D eigenvalue weighted by molar-refractivity contribution is -0.141. The highest BCUT2D eigenvalue weighted by molar-refractivity contribution is 5.89. The standard InChI is InChI=1S/C25H27FN2O4/c26-21-9-5-4-8-20(21)25(11-14-31-15-12-25)22(29)27-13-10-24(17-27)18-28(23(30)32-24)16-19-6-2-1-3-7-19/h1-9H,10-18H2/t24-/m1/s1. The van der Waals surface area contributed by atoms with Gasteiger partial charge in [0.2, 0.25) is 5.91 Å². The van der Waals surface area contributed by atoms with E-state index in [1.807, 2.05) is 30.3 Å². The number of benzene rings is 2. The Kier molecular flexibility index (Phi) is 5.37. The predicted molar refractivity (Wildman–Crippen MR) is 115 cm³/mol. The fourth-order valence-electron chi connectivity index (χ4n) is 5.32. The molecule has 3 saturated heterocycles. The molecule has 6 nitrogen and oxygen atoms in total. The third-order valence-electron chi connectivity index (χ3n) is 7.01. The number of amides is 2. The monoisotopic (exact) mass is 438 g/mol. The first-order chi connectivity index (χ1) is 15.5. The Hall–Kier alpha value is -2.93. The first kappa shape index (κ1) is 20.9. The van der Waals surface area contributed by atoms with Gasteiger partial charge in [0.05, 0.1) is 18.5 Å². The van der Waals surface area contributed by atoms with E-state index >= 15 is 0 Å². The molecule has 0 saturated carbocycles. The lowest BCUT2D eigenvalue weighted by Gasteiger charge is -2.39. The van der Waals surface area contributed by atoms with Crippen molar-refractivity contribution in [3.63, 3.8) is 0 Å². The van der Waals surface area contributed by atoms with Crippen LogP contribution in [0.15, 0.2) is 54.6 Å². The average molecular weight is 438 g/mol. The Morgan fingerprint density at radius 2 is 1.69 bits per heavy atom. The summed E-state index contributed by atoms with van der Waals surface area (Å²) in [6, 6.07) is 16.3. The number of hydrogen-bond donors (Lipinski definition) is 0. The van der Waals surface area contributed by atoms with E-state index in [-0.39, 0.29) is 17.8 Å². The molecule has 2 amide bonds. The van der Waals surface area contributed by atoms with Crippen LogP contribution in [0.4, 0.5) is 9.18 Å². The lowest BCUT2D eigenvalue weighted by Crippen LogP contribution is -2.51. The second kappa shape index (κ2) is 8.20. The molecule has 0 radical (unpaired) electrons. The van der Waals surface area contributed by atoms with Gasteiger partial charge >= 0.3 is 6.09 Å². The number of likely N-dealkylation sites (tertiary alicyclic amines) is 1. The zero-order chi connectivity index (χ0) is 22.2. The summed E-state index contributed by atoms with van der Waals surface area (Å²) in [6.45, 7) is 2.58. The number of nitrogens with zero attached hydrogens (tertiary/aromatic N) is 2. The fourth-order valence-corrected chi connectivity index (χ4v) is 5.32. The molecule has 3 aliphatic heterocycles. The number of ether oxygens (including phenoxy) is 2. The van der Waals surface area contributed by atoms with E-state index in [1.165, 1.54) is 6.07 Å². The molecule has 0 bridgehead atoms. The molecule has 5 rings (SSSR count). The van der Waals surface area contributed by atoms with Crippen molar-refractivity contribution in [2.75, 3.05) is 32.8 Å². The number of carbonyl (C=O) groups is 2. The van der Waals surface area contributed by atoms with Gasteiger partial charge in [-0.05, 0) is 24.5 Å². The van der Waals surface area contributed by atoms with Crippen LogP contribution in [-0.2, 0) is 26.2 Å². The third kappa shape index (κ3) is 3.64. The fraction of sp³-hybridized carbons (Fsp3) is 0.440. The van der Waals surface area contributed by atoms with Gasteiger partial charge in [-0.15, -0.1) is 0 Å². The summed E-state index contributed by atoms with van der Waals surface area (Å²) in [5, 5.41) is 0. The van der Waals surface area contributed by atoms with Crippen LogP contribution in [0.25, 0.3) is 0 Å². The molecule has 3 aliphatic rings. The summed E-state index contributed by atoms with van der Waals surface area (Å²) >= 11 is 0. The largest absolute Gasteiger partial charge is 0.439 e. The maximum Gasteiger partial charge on any atom is 0.410 e. The van der Waals surface area contributed by atoms with Gasteiger partial charge in [-0.3, -0.25) is 9.69 Å². The van der Waals surface area contributed by atoms with Crippen LogP contribution in [0.5, 0.6) is 0 Å². The summed E-state index contributed by atoms with van der Waals surface area (Å²) in [4.78, 5) is 29.9. The average Bonchev–Trinajstić information content (AvgIpc) is 3.36. The van der Waals surface area contributed by atoms with Crippen LogP contribution in [0.2, 0.25) is 0 Å². The smallest absolute Gasteiger partial charge is 0.410 e. The van der Waals surface area contributed by atoms with E-state index in [0.29, 0.717) is 64.2 Å². The minimum atomic E-state index is -0.943. The molecule has 1 atom stereocenters. The number of carbonyl (C=O) groups excluding carboxylic acids is 2. The van der Waals surface area contributed by atoms with Gasteiger partial charge in [-0.2, -0.15) is 0 Å². The van der Waals surface area contributed by atoms with E-state index in [1.54, 1.807) is 28.0 Å². The minimum absolute atomic E-state index is 0.0969. The van der Waals surface area contributed by atoms with E-state index < -0.39 is 11.0 Å². The van der Waals surface area contributed by atoms with Crippen LogP contribution in [-0.4, -0.2) is 60.2 Å². The Morgan fingerprint density at radius 1 is 0.969 bits per heavy atom. The zero-order valence-corrected chi connectivity index (χ0v) is 18.0. The van der Waals surface area contributed by atoms with Gasteiger partial charge in [-0.25, -0.2) is 9.18 Å². The molecule has 3 fully saturated rings. The third-order valence-corrected chi connectivity index (χ3v) is 7.01. The second-order valence-corrected chi connectivity index (χ2v) is 9.04. The van der Waals surface area contributed by atoms with Crippen molar-refractivity contribution in [3.8, 4) is 0 Å². The highest BCUT2D eigenvalue weighted by atomic mass is 19.1.